The molecule has 3 rings (SSSR count). The van der Waals surface area contributed by atoms with Crippen molar-refractivity contribution in [2.24, 2.45) is 7.05 Å². The van der Waals surface area contributed by atoms with Crippen LogP contribution in [0.4, 0.5) is 5.69 Å². The van der Waals surface area contributed by atoms with Gasteiger partial charge in [-0.25, -0.2) is 4.68 Å². The van der Waals surface area contributed by atoms with Crippen molar-refractivity contribution < 1.29 is 4.79 Å². The predicted molar refractivity (Wildman–Crippen MR) is 111 cm³/mol. The van der Waals surface area contributed by atoms with Gasteiger partial charge in [0.2, 0.25) is 5.91 Å². The van der Waals surface area contributed by atoms with Gasteiger partial charge in [0.05, 0.1) is 17.1 Å². The Morgan fingerprint density at radius 2 is 1.78 bits per heavy atom. The van der Waals surface area contributed by atoms with Crippen LogP contribution in [0.25, 0.3) is 5.69 Å². The fourth-order valence-corrected chi connectivity index (χ4v) is 3.82. The number of rotatable bonds is 5. The van der Waals surface area contributed by atoms with E-state index in [1.54, 1.807) is 9.36 Å². The molecule has 0 fully saturated rings. The number of carbonyl (C=O) groups excluding carboxylic acids is 1. The van der Waals surface area contributed by atoms with Gasteiger partial charge in [-0.3, -0.25) is 14.3 Å². The molecule has 0 aliphatic heterocycles. The number of para-hydroxylation sites is 1. The Balaban J connectivity index is 1.79. The lowest BCUT2D eigenvalue weighted by molar-refractivity contribution is -0.113. The minimum Gasteiger partial charge on any atom is -0.319 e. The Labute approximate surface area is 163 Å². The van der Waals surface area contributed by atoms with Gasteiger partial charge in [-0.05, 0) is 44.5 Å². The Kier molecular flexibility index (Phi) is 5.56. The maximum Gasteiger partial charge on any atom is 0.295 e. The summed E-state index contributed by atoms with van der Waals surface area (Å²) in [5, 5.41) is 2.80. The summed E-state index contributed by atoms with van der Waals surface area (Å²) in [5.41, 5.74) is 3.88. The van der Waals surface area contributed by atoms with Crippen LogP contribution in [0.2, 0.25) is 0 Å². The number of aryl methyl sites for hydroxylation is 2. The van der Waals surface area contributed by atoms with Crippen molar-refractivity contribution in [2.75, 3.05) is 11.1 Å². The van der Waals surface area contributed by atoms with Gasteiger partial charge in [0.15, 0.2) is 0 Å². The molecule has 1 amide bonds. The number of thioether (sulfide) groups is 1. The number of carbonyl (C=O) groups is 1. The monoisotopic (exact) mass is 381 g/mol. The number of amides is 1. The van der Waals surface area contributed by atoms with Gasteiger partial charge in [-0.2, -0.15) is 0 Å². The van der Waals surface area contributed by atoms with Crippen molar-refractivity contribution >= 4 is 23.4 Å². The minimum absolute atomic E-state index is 0.188. The maximum absolute atomic E-state index is 12.8. The van der Waals surface area contributed by atoms with Crippen LogP contribution in [-0.2, 0) is 11.8 Å². The van der Waals surface area contributed by atoms with Crippen molar-refractivity contribution in [2.45, 2.75) is 25.7 Å². The fraction of sp³-hybridized carbons (Fsp3) is 0.238. The van der Waals surface area contributed by atoms with Crippen molar-refractivity contribution in [1.82, 2.24) is 9.36 Å². The quantitative estimate of drug-likeness (QED) is 0.684. The summed E-state index contributed by atoms with van der Waals surface area (Å²) in [4.78, 5) is 26.4. The van der Waals surface area contributed by atoms with Crippen LogP contribution in [0.15, 0.2) is 58.2 Å². The first-order chi connectivity index (χ1) is 12.9. The van der Waals surface area contributed by atoms with Gasteiger partial charge in [0.25, 0.3) is 5.56 Å². The van der Waals surface area contributed by atoms with E-state index in [9.17, 15) is 9.59 Å². The highest BCUT2D eigenvalue weighted by molar-refractivity contribution is 8.00. The Morgan fingerprint density at radius 1 is 1.07 bits per heavy atom. The highest BCUT2D eigenvalue weighted by atomic mass is 32.2. The normalized spacial score (nSPS) is 10.8. The highest BCUT2D eigenvalue weighted by Gasteiger charge is 2.18. The third-order valence-corrected chi connectivity index (χ3v) is 5.68. The molecule has 0 aliphatic carbocycles. The zero-order valence-corrected chi connectivity index (χ0v) is 16.8. The average Bonchev–Trinajstić information content (AvgIpc) is 2.86. The maximum atomic E-state index is 12.8. The lowest BCUT2D eigenvalue weighted by Gasteiger charge is -2.07. The van der Waals surface area contributed by atoms with E-state index in [1.165, 1.54) is 11.8 Å². The van der Waals surface area contributed by atoms with Crippen LogP contribution in [0.1, 0.15) is 16.8 Å². The molecule has 0 radical (unpaired) electrons. The van der Waals surface area contributed by atoms with Crippen LogP contribution in [0.5, 0.6) is 0 Å². The largest absolute Gasteiger partial charge is 0.319 e. The van der Waals surface area contributed by atoms with E-state index in [2.05, 4.69) is 23.5 Å². The van der Waals surface area contributed by atoms with Crippen LogP contribution in [0, 0.1) is 20.8 Å². The highest BCUT2D eigenvalue weighted by Crippen LogP contribution is 2.24. The van der Waals surface area contributed by atoms with Gasteiger partial charge in [0, 0.05) is 11.9 Å². The first-order valence-electron chi connectivity index (χ1n) is 8.72. The van der Waals surface area contributed by atoms with Crippen LogP contribution in [-0.4, -0.2) is 21.0 Å². The SMILES string of the molecule is Cc1ccc(C)c(SCC(=O)Nc2c(C)n(C)n(-c3ccccc3)c2=O)c1. The van der Waals surface area contributed by atoms with Gasteiger partial charge >= 0.3 is 0 Å². The fourth-order valence-electron chi connectivity index (χ4n) is 2.89. The molecule has 0 atom stereocenters. The van der Waals surface area contributed by atoms with Crippen molar-refractivity contribution in [3.8, 4) is 5.69 Å². The van der Waals surface area contributed by atoms with E-state index < -0.39 is 0 Å². The van der Waals surface area contributed by atoms with Crippen molar-refractivity contribution in [1.29, 1.82) is 0 Å². The third kappa shape index (κ3) is 4.01. The number of hydrogen-bond donors (Lipinski definition) is 1. The molecule has 0 saturated heterocycles. The third-order valence-electron chi connectivity index (χ3n) is 4.52. The summed E-state index contributed by atoms with van der Waals surface area (Å²) in [5.74, 6) is 0.0653. The molecule has 27 heavy (non-hydrogen) atoms. The number of anilines is 1. The molecule has 6 heteroatoms. The van der Waals surface area contributed by atoms with Gasteiger partial charge in [-0.15, -0.1) is 11.8 Å². The second kappa shape index (κ2) is 7.88. The molecule has 1 aromatic heterocycles. The minimum atomic E-state index is -0.230. The van der Waals surface area contributed by atoms with Crippen molar-refractivity contribution in [3.63, 3.8) is 0 Å². The molecule has 0 bridgehead atoms. The first kappa shape index (κ1) is 19.0. The molecule has 0 saturated carbocycles. The number of nitrogens with zero attached hydrogens (tertiary/aromatic N) is 2. The second-order valence-electron chi connectivity index (χ2n) is 6.54. The summed E-state index contributed by atoms with van der Waals surface area (Å²) in [6, 6.07) is 15.6. The van der Waals surface area contributed by atoms with E-state index >= 15 is 0 Å². The number of hydrogen-bond acceptors (Lipinski definition) is 3. The number of nitrogens with one attached hydrogen (secondary N) is 1. The first-order valence-corrected chi connectivity index (χ1v) is 9.71. The molecule has 3 aromatic rings. The molecule has 0 spiro atoms. The van der Waals surface area contributed by atoms with Gasteiger partial charge < -0.3 is 5.32 Å². The summed E-state index contributed by atoms with van der Waals surface area (Å²) in [6.45, 7) is 5.89. The van der Waals surface area contributed by atoms with E-state index in [-0.39, 0.29) is 17.2 Å². The van der Waals surface area contributed by atoms with E-state index in [1.807, 2.05) is 58.2 Å². The van der Waals surface area contributed by atoms with Crippen LogP contribution >= 0.6 is 11.8 Å². The summed E-state index contributed by atoms with van der Waals surface area (Å²) in [7, 11) is 1.81. The van der Waals surface area contributed by atoms with Gasteiger partial charge in [-0.1, -0.05) is 35.9 Å². The molecule has 1 N–H and O–H groups in total. The number of benzene rings is 2. The molecule has 2 aromatic carbocycles. The molecular formula is C21H23N3O2S. The Morgan fingerprint density at radius 3 is 2.48 bits per heavy atom. The molecule has 140 valence electrons. The van der Waals surface area contributed by atoms with Gasteiger partial charge in [0.1, 0.15) is 5.69 Å². The Hall–Kier alpha value is -2.73. The van der Waals surface area contributed by atoms with E-state index in [4.69, 9.17) is 0 Å². The predicted octanol–water partition coefficient (Wildman–Crippen LogP) is 3.83. The summed E-state index contributed by atoms with van der Waals surface area (Å²) >= 11 is 1.48. The average molecular weight is 382 g/mol. The zero-order chi connectivity index (χ0) is 19.6. The van der Waals surface area contributed by atoms with Crippen LogP contribution < -0.4 is 10.9 Å². The molecule has 0 aliphatic rings. The summed E-state index contributed by atoms with van der Waals surface area (Å²) < 4.78 is 3.31. The second-order valence-corrected chi connectivity index (χ2v) is 7.56. The van der Waals surface area contributed by atoms with Crippen LogP contribution in [0.3, 0.4) is 0 Å². The Bertz CT molecular complexity index is 1040. The van der Waals surface area contributed by atoms with E-state index in [0.717, 1.165) is 21.7 Å². The van der Waals surface area contributed by atoms with Crippen molar-refractivity contribution in [3.05, 3.63) is 75.7 Å². The molecule has 1 heterocycles. The topological polar surface area (TPSA) is 56.0 Å². The smallest absolute Gasteiger partial charge is 0.295 e. The molecule has 0 unspecified atom stereocenters. The summed E-state index contributed by atoms with van der Waals surface area (Å²) in [6.07, 6.45) is 0. The standard InChI is InChI=1S/C21H23N3O2S/c1-14-10-11-15(2)18(12-14)27-13-19(25)22-20-16(3)23(4)24(21(20)26)17-8-6-5-7-9-17/h5-12H,13H2,1-4H3,(H,22,25). The number of aromatic nitrogens is 2. The lowest BCUT2D eigenvalue weighted by Crippen LogP contribution is -2.23. The molecular weight excluding hydrogens is 358 g/mol. The lowest BCUT2D eigenvalue weighted by atomic mass is 10.2. The zero-order valence-electron chi connectivity index (χ0n) is 15.9. The molecule has 5 nitrogen and oxygen atoms in total. The van der Waals surface area contributed by atoms with E-state index in [0.29, 0.717) is 11.4 Å².